The SMILES string of the molecule is FC(F)(F)C1=CCc2ccccc2O1. The molecule has 1 aliphatic heterocycles. The zero-order valence-electron chi connectivity index (χ0n) is 7.14. The van der Waals surface area contributed by atoms with Crippen molar-refractivity contribution in [3.05, 3.63) is 41.7 Å². The average Bonchev–Trinajstić information content (AvgIpc) is 2.16. The Morgan fingerprint density at radius 1 is 1.14 bits per heavy atom. The number of halogens is 3. The van der Waals surface area contributed by atoms with Crippen LogP contribution in [0.4, 0.5) is 13.2 Å². The molecule has 74 valence electrons. The van der Waals surface area contributed by atoms with Gasteiger partial charge >= 0.3 is 6.18 Å². The van der Waals surface area contributed by atoms with Gasteiger partial charge in [-0.2, -0.15) is 13.2 Å². The molecule has 0 amide bonds. The molecule has 4 heteroatoms. The van der Waals surface area contributed by atoms with Gasteiger partial charge in [-0.05, 0) is 24.1 Å². The van der Waals surface area contributed by atoms with Crippen LogP contribution in [0.15, 0.2) is 36.1 Å². The molecule has 0 radical (unpaired) electrons. The molecule has 1 aromatic rings. The molecule has 1 aromatic carbocycles. The van der Waals surface area contributed by atoms with E-state index in [4.69, 9.17) is 4.74 Å². The number of para-hydroxylation sites is 1. The molecular weight excluding hydrogens is 193 g/mol. The Bertz CT molecular complexity index is 379. The lowest BCUT2D eigenvalue weighted by Gasteiger charge is -2.19. The normalized spacial score (nSPS) is 15.5. The molecule has 1 nitrogen and oxygen atoms in total. The van der Waals surface area contributed by atoms with E-state index in [1.165, 1.54) is 6.07 Å². The van der Waals surface area contributed by atoms with E-state index in [0.29, 0.717) is 5.75 Å². The van der Waals surface area contributed by atoms with Gasteiger partial charge in [-0.25, -0.2) is 0 Å². The van der Waals surface area contributed by atoms with E-state index in [0.717, 1.165) is 11.6 Å². The predicted molar refractivity (Wildman–Crippen MR) is 44.9 cm³/mol. The van der Waals surface area contributed by atoms with Crippen LogP contribution in [0.25, 0.3) is 0 Å². The Hall–Kier alpha value is -1.45. The van der Waals surface area contributed by atoms with Gasteiger partial charge in [0.1, 0.15) is 5.75 Å². The number of hydrogen-bond donors (Lipinski definition) is 0. The number of fused-ring (bicyclic) bond motifs is 1. The van der Waals surface area contributed by atoms with Crippen molar-refractivity contribution < 1.29 is 17.9 Å². The van der Waals surface area contributed by atoms with Crippen molar-refractivity contribution in [1.29, 1.82) is 0 Å². The number of benzene rings is 1. The molecule has 0 atom stereocenters. The maximum absolute atomic E-state index is 12.2. The third-order valence-corrected chi connectivity index (χ3v) is 1.98. The summed E-state index contributed by atoms with van der Waals surface area (Å²) in [6, 6.07) is 6.71. The van der Waals surface area contributed by atoms with E-state index < -0.39 is 11.9 Å². The topological polar surface area (TPSA) is 9.23 Å². The standard InChI is InChI=1S/C10H7F3O/c11-10(12,13)9-6-5-7-3-1-2-4-8(7)14-9/h1-4,6H,5H2. The summed E-state index contributed by atoms with van der Waals surface area (Å²) >= 11 is 0. The number of alkyl halides is 3. The summed E-state index contributed by atoms with van der Waals surface area (Å²) in [5.74, 6) is -0.626. The van der Waals surface area contributed by atoms with Gasteiger partial charge in [-0.15, -0.1) is 0 Å². The largest absolute Gasteiger partial charge is 0.452 e. The Kier molecular flexibility index (Phi) is 1.98. The summed E-state index contributed by atoms with van der Waals surface area (Å²) < 4.78 is 41.5. The fourth-order valence-corrected chi connectivity index (χ4v) is 1.31. The highest BCUT2D eigenvalue weighted by atomic mass is 19.4. The summed E-state index contributed by atoms with van der Waals surface area (Å²) in [6.45, 7) is 0. The lowest BCUT2D eigenvalue weighted by Crippen LogP contribution is -2.20. The fraction of sp³-hybridized carbons (Fsp3) is 0.200. The van der Waals surface area contributed by atoms with Crippen LogP contribution >= 0.6 is 0 Å². The van der Waals surface area contributed by atoms with Crippen molar-refractivity contribution in [3.63, 3.8) is 0 Å². The average molecular weight is 200 g/mol. The second-order valence-corrected chi connectivity index (χ2v) is 2.98. The van der Waals surface area contributed by atoms with Crippen molar-refractivity contribution in [2.75, 3.05) is 0 Å². The smallest absolute Gasteiger partial charge is 0.449 e. The molecule has 0 fully saturated rings. The van der Waals surface area contributed by atoms with Crippen LogP contribution in [0.1, 0.15) is 5.56 Å². The van der Waals surface area contributed by atoms with Gasteiger partial charge < -0.3 is 4.74 Å². The minimum absolute atomic E-state index is 0.269. The molecule has 2 rings (SSSR count). The second kappa shape index (κ2) is 3.04. The third-order valence-electron chi connectivity index (χ3n) is 1.98. The van der Waals surface area contributed by atoms with Crippen molar-refractivity contribution in [1.82, 2.24) is 0 Å². The summed E-state index contributed by atoms with van der Waals surface area (Å²) in [5, 5.41) is 0. The summed E-state index contributed by atoms with van der Waals surface area (Å²) in [7, 11) is 0. The van der Waals surface area contributed by atoms with Crippen molar-refractivity contribution in [3.8, 4) is 5.75 Å². The van der Waals surface area contributed by atoms with Crippen LogP contribution in [0.3, 0.4) is 0 Å². The second-order valence-electron chi connectivity index (χ2n) is 2.98. The highest BCUT2D eigenvalue weighted by Gasteiger charge is 2.37. The quantitative estimate of drug-likeness (QED) is 0.625. The van der Waals surface area contributed by atoms with Crippen molar-refractivity contribution in [2.24, 2.45) is 0 Å². The van der Waals surface area contributed by atoms with E-state index >= 15 is 0 Å². The maximum atomic E-state index is 12.2. The van der Waals surface area contributed by atoms with Gasteiger partial charge in [-0.3, -0.25) is 0 Å². The first-order valence-electron chi connectivity index (χ1n) is 4.10. The predicted octanol–water partition coefficient (Wildman–Crippen LogP) is 3.07. The van der Waals surface area contributed by atoms with Gasteiger partial charge in [0.05, 0.1) is 0 Å². The van der Waals surface area contributed by atoms with Crippen molar-refractivity contribution in [2.45, 2.75) is 12.6 Å². The Morgan fingerprint density at radius 2 is 1.86 bits per heavy atom. The molecule has 0 bridgehead atoms. The number of rotatable bonds is 0. The van der Waals surface area contributed by atoms with Gasteiger partial charge in [0.15, 0.2) is 0 Å². The van der Waals surface area contributed by atoms with E-state index in [-0.39, 0.29) is 6.42 Å². The molecule has 1 heterocycles. The van der Waals surface area contributed by atoms with Crippen LogP contribution < -0.4 is 4.74 Å². The molecule has 14 heavy (non-hydrogen) atoms. The molecule has 0 spiro atoms. The van der Waals surface area contributed by atoms with Crippen LogP contribution in [-0.4, -0.2) is 6.18 Å². The Balaban J connectivity index is 2.30. The van der Waals surface area contributed by atoms with E-state index in [9.17, 15) is 13.2 Å². The molecule has 0 saturated carbocycles. The van der Waals surface area contributed by atoms with E-state index in [1.807, 2.05) is 0 Å². The first kappa shape index (κ1) is 9.12. The van der Waals surface area contributed by atoms with E-state index in [1.54, 1.807) is 18.2 Å². The number of hydrogen-bond acceptors (Lipinski definition) is 1. The summed E-state index contributed by atoms with van der Waals surface area (Å²) in [4.78, 5) is 0. The lowest BCUT2D eigenvalue weighted by atomic mass is 10.1. The van der Waals surface area contributed by atoms with Gasteiger partial charge in [0.2, 0.25) is 5.76 Å². The summed E-state index contributed by atoms with van der Waals surface area (Å²) in [5.41, 5.74) is 0.778. The lowest BCUT2D eigenvalue weighted by molar-refractivity contribution is -0.117. The molecule has 0 aromatic heterocycles. The number of ether oxygens (including phenoxy) is 1. The van der Waals surface area contributed by atoms with Crippen molar-refractivity contribution >= 4 is 0 Å². The fourth-order valence-electron chi connectivity index (χ4n) is 1.31. The molecule has 0 saturated heterocycles. The minimum atomic E-state index is -4.40. The van der Waals surface area contributed by atoms with Gasteiger partial charge in [-0.1, -0.05) is 18.2 Å². The number of allylic oxidation sites excluding steroid dienone is 2. The maximum Gasteiger partial charge on any atom is 0.449 e. The first-order chi connectivity index (χ1) is 6.57. The van der Waals surface area contributed by atoms with Gasteiger partial charge in [0.25, 0.3) is 0 Å². The Labute approximate surface area is 78.8 Å². The highest BCUT2D eigenvalue weighted by molar-refractivity contribution is 5.39. The summed E-state index contributed by atoms with van der Waals surface area (Å²) in [6.07, 6.45) is -3.07. The molecule has 1 aliphatic rings. The molecule has 0 unspecified atom stereocenters. The first-order valence-corrected chi connectivity index (χ1v) is 4.10. The monoisotopic (exact) mass is 200 g/mol. The minimum Gasteiger partial charge on any atom is -0.452 e. The molecular formula is C10H7F3O. The zero-order valence-corrected chi connectivity index (χ0v) is 7.14. The zero-order chi connectivity index (χ0) is 10.2. The Morgan fingerprint density at radius 3 is 2.57 bits per heavy atom. The molecule has 0 N–H and O–H groups in total. The highest BCUT2D eigenvalue weighted by Crippen LogP contribution is 2.33. The van der Waals surface area contributed by atoms with Crippen LogP contribution in [0.2, 0.25) is 0 Å². The van der Waals surface area contributed by atoms with Gasteiger partial charge in [0, 0.05) is 0 Å². The molecule has 0 aliphatic carbocycles. The third kappa shape index (κ3) is 1.60. The van der Waals surface area contributed by atoms with Crippen LogP contribution in [0.5, 0.6) is 5.75 Å². The van der Waals surface area contributed by atoms with Crippen LogP contribution in [0, 0.1) is 0 Å². The van der Waals surface area contributed by atoms with Crippen LogP contribution in [-0.2, 0) is 6.42 Å². The van der Waals surface area contributed by atoms with E-state index in [2.05, 4.69) is 0 Å².